The molecule has 0 aliphatic heterocycles. The van der Waals surface area contributed by atoms with Crippen LogP contribution in [0.1, 0.15) is 40.8 Å². The SMILES string of the molecule is Cc1ccc(C(=O)N[C@@H](c2ccc(Cl)cc2)C2CC2)o1. The minimum absolute atomic E-state index is 0.0326. The van der Waals surface area contributed by atoms with Crippen LogP contribution in [-0.4, -0.2) is 5.91 Å². The Morgan fingerprint density at radius 3 is 2.50 bits per heavy atom. The highest BCUT2D eigenvalue weighted by Gasteiger charge is 2.34. The van der Waals surface area contributed by atoms with Crippen LogP contribution in [0.4, 0.5) is 0 Å². The van der Waals surface area contributed by atoms with E-state index in [1.54, 1.807) is 12.1 Å². The molecule has 0 radical (unpaired) electrons. The van der Waals surface area contributed by atoms with Gasteiger partial charge in [0.1, 0.15) is 5.76 Å². The lowest BCUT2D eigenvalue weighted by molar-refractivity contribution is 0.0902. The fraction of sp³-hybridized carbons (Fsp3) is 0.312. The number of furan rings is 1. The number of halogens is 1. The Bertz CT molecular complexity index is 614. The first kappa shape index (κ1) is 13.3. The van der Waals surface area contributed by atoms with Crippen molar-refractivity contribution in [2.75, 3.05) is 0 Å². The molecule has 1 heterocycles. The quantitative estimate of drug-likeness (QED) is 0.920. The van der Waals surface area contributed by atoms with Gasteiger partial charge in [0.2, 0.25) is 0 Å². The maximum atomic E-state index is 12.2. The van der Waals surface area contributed by atoms with Crippen LogP contribution in [-0.2, 0) is 0 Å². The predicted octanol–water partition coefficient (Wildman–Crippen LogP) is 4.12. The Balaban J connectivity index is 1.78. The van der Waals surface area contributed by atoms with Crippen LogP contribution in [0.3, 0.4) is 0 Å². The molecule has 1 saturated carbocycles. The fourth-order valence-corrected chi connectivity index (χ4v) is 2.47. The number of aryl methyl sites for hydroxylation is 1. The molecule has 1 atom stereocenters. The van der Waals surface area contributed by atoms with Crippen molar-refractivity contribution in [2.45, 2.75) is 25.8 Å². The third-order valence-corrected chi connectivity index (χ3v) is 3.83. The van der Waals surface area contributed by atoms with Crippen LogP contribution in [0.25, 0.3) is 0 Å². The van der Waals surface area contributed by atoms with E-state index in [2.05, 4.69) is 5.32 Å². The standard InChI is InChI=1S/C16H16ClNO2/c1-10-2-9-14(20-10)16(19)18-15(11-3-4-11)12-5-7-13(17)8-6-12/h2,5-9,11,15H,3-4H2,1H3,(H,18,19)/t15-/m1/s1. The van der Waals surface area contributed by atoms with Gasteiger partial charge in [0.25, 0.3) is 5.91 Å². The van der Waals surface area contributed by atoms with Gasteiger partial charge in [0.15, 0.2) is 5.76 Å². The summed E-state index contributed by atoms with van der Waals surface area (Å²) in [5.41, 5.74) is 1.09. The summed E-state index contributed by atoms with van der Waals surface area (Å²) in [5.74, 6) is 1.45. The average Bonchev–Trinajstić information content (AvgIpc) is 3.18. The van der Waals surface area contributed by atoms with Crippen molar-refractivity contribution < 1.29 is 9.21 Å². The van der Waals surface area contributed by atoms with Gasteiger partial charge in [-0.3, -0.25) is 4.79 Å². The lowest BCUT2D eigenvalue weighted by atomic mass is 10.0. The van der Waals surface area contributed by atoms with Gasteiger partial charge in [-0.15, -0.1) is 0 Å². The monoisotopic (exact) mass is 289 g/mol. The highest BCUT2D eigenvalue weighted by atomic mass is 35.5. The molecule has 104 valence electrons. The van der Waals surface area contributed by atoms with Gasteiger partial charge < -0.3 is 9.73 Å². The van der Waals surface area contributed by atoms with Crippen molar-refractivity contribution in [3.8, 4) is 0 Å². The number of benzene rings is 1. The number of hydrogen-bond donors (Lipinski definition) is 1. The Morgan fingerprint density at radius 2 is 1.95 bits per heavy atom. The maximum Gasteiger partial charge on any atom is 0.287 e. The molecule has 1 aromatic heterocycles. The maximum absolute atomic E-state index is 12.2. The van der Waals surface area contributed by atoms with Crippen LogP contribution >= 0.6 is 11.6 Å². The number of carbonyl (C=O) groups excluding carboxylic acids is 1. The third kappa shape index (κ3) is 2.88. The van der Waals surface area contributed by atoms with Crippen LogP contribution in [0, 0.1) is 12.8 Å². The van der Waals surface area contributed by atoms with Crippen molar-refractivity contribution in [1.82, 2.24) is 5.32 Å². The summed E-state index contributed by atoms with van der Waals surface area (Å²) in [7, 11) is 0. The van der Waals surface area contributed by atoms with E-state index in [0.29, 0.717) is 16.7 Å². The second kappa shape index (κ2) is 5.33. The molecule has 4 heteroatoms. The van der Waals surface area contributed by atoms with Gasteiger partial charge in [0.05, 0.1) is 6.04 Å². The van der Waals surface area contributed by atoms with Crippen molar-refractivity contribution in [2.24, 2.45) is 5.92 Å². The van der Waals surface area contributed by atoms with Crippen molar-refractivity contribution in [1.29, 1.82) is 0 Å². The zero-order valence-electron chi connectivity index (χ0n) is 11.2. The van der Waals surface area contributed by atoms with Gasteiger partial charge in [-0.2, -0.15) is 0 Å². The van der Waals surface area contributed by atoms with Crippen LogP contribution in [0.5, 0.6) is 0 Å². The number of amides is 1. The molecule has 3 rings (SSSR count). The zero-order chi connectivity index (χ0) is 14.1. The van der Waals surface area contributed by atoms with E-state index in [0.717, 1.165) is 24.2 Å². The summed E-state index contributed by atoms with van der Waals surface area (Å²) in [4.78, 5) is 12.2. The van der Waals surface area contributed by atoms with E-state index in [1.165, 1.54) is 0 Å². The van der Waals surface area contributed by atoms with Gasteiger partial charge in [-0.25, -0.2) is 0 Å². The Kier molecular flexibility index (Phi) is 3.53. The van der Waals surface area contributed by atoms with E-state index in [1.807, 2.05) is 31.2 Å². The molecule has 1 amide bonds. The number of hydrogen-bond acceptors (Lipinski definition) is 2. The van der Waals surface area contributed by atoms with Crippen molar-refractivity contribution in [3.05, 3.63) is 58.5 Å². The smallest absolute Gasteiger partial charge is 0.287 e. The molecule has 1 aliphatic carbocycles. The molecule has 20 heavy (non-hydrogen) atoms. The average molecular weight is 290 g/mol. The number of rotatable bonds is 4. The summed E-state index contributed by atoms with van der Waals surface area (Å²) in [6.07, 6.45) is 2.29. The molecule has 1 fully saturated rings. The summed E-state index contributed by atoms with van der Waals surface area (Å²) in [6.45, 7) is 1.83. The molecule has 2 aromatic rings. The highest BCUT2D eigenvalue weighted by Crippen LogP contribution is 2.41. The van der Waals surface area contributed by atoms with E-state index >= 15 is 0 Å². The van der Waals surface area contributed by atoms with Crippen LogP contribution in [0.15, 0.2) is 40.8 Å². The fourth-order valence-electron chi connectivity index (χ4n) is 2.34. The van der Waals surface area contributed by atoms with E-state index in [9.17, 15) is 4.79 Å². The lowest BCUT2D eigenvalue weighted by Crippen LogP contribution is -2.29. The first-order chi connectivity index (χ1) is 9.63. The number of nitrogens with one attached hydrogen (secondary N) is 1. The molecule has 0 unspecified atom stereocenters. The summed E-state index contributed by atoms with van der Waals surface area (Å²) < 4.78 is 5.37. The van der Waals surface area contributed by atoms with E-state index < -0.39 is 0 Å². The Hall–Kier alpha value is -1.74. The summed E-state index contributed by atoms with van der Waals surface area (Å²) >= 11 is 5.91. The van der Waals surface area contributed by atoms with Gasteiger partial charge >= 0.3 is 0 Å². The second-order valence-electron chi connectivity index (χ2n) is 5.25. The van der Waals surface area contributed by atoms with E-state index in [-0.39, 0.29) is 11.9 Å². The minimum atomic E-state index is -0.162. The van der Waals surface area contributed by atoms with E-state index in [4.69, 9.17) is 16.0 Å². The molecule has 1 aromatic carbocycles. The predicted molar refractivity (Wildman–Crippen MR) is 77.8 cm³/mol. The second-order valence-corrected chi connectivity index (χ2v) is 5.69. The topological polar surface area (TPSA) is 42.2 Å². The molecule has 1 aliphatic rings. The van der Waals surface area contributed by atoms with Crippen LogP contribution in [0.2, 0.25) is 5.02 Å². The molecule has 0 spiro atoms. The van der Waals surface area contributed by atoms with Crippen molar-refractivity contribution in [3.63, 3.8) is 0 Å². The molecular weight excluding hydrogens is 274 g/mol. The number of carbonyl (C=O) groups is 1. The Labute approximate surface area is 122 Å². The lowest BCUT2D eigenvalue weighted by Gasteiger charge is -2.18. The molecular formula is C16H16ClNO2. The minimum Gasteiger partial charge on any atom is -0.456 e. The van der Waals surface area contributed by atoms with Crippen LogP contribution < -0.4 is 5.32 Å². The normalized spacial score (nSPS) is 15.9. The van der Waals surface area contributed by atoms with Gasteiger partial charge in [-0.1, -0.05) is 23.7 Å². The third-order valence-electron chi connectivity index (χ3n) is 3.57. The Morgan fingerprint density at radius 1 is 1.25 bits per heavy atom. The van der Waals surface area contributed by atoms with Crippen molar-refractivity contribution >= 4 is 17.5 Å². The summed E-state index contributed by atoms with van der Waals surface area (Å²) in [5, 5.41) is 3.77. The van der Waals surface area contributed by atoms with Gasteiger partial charge in [-0.05, 0) is 55.5 Å². The van der Waals surface area contributed by atoms with Gasteiger partial charge in [0, 0.05) is 5.02 Å². The molecule has 0 saturated heterocycles. The summed E-state index contributed by atoms with van der Waals surface area (Å²) in [6, 6.07) is 11.2. The highest BCUT2D eigenvalue weighted by molar-refractivity contribution is 6.30. The largest absolute Gasteiger partial charge is 0.456 e. The first-order valence-electron chi connectivity index (χ1n) is 6.76. The zero-order valence-corrected chi connectivity index (χ0v) is 12.0. The molecule has 0 bridgehead atoms. The molecule has 1 N–H and O–H groups in total. The molecule has 3 nitrogen and oxygen atoms in total. The first-order valence-corrected chi connectivity index (χ1v) is 7.14.